The lowest BCUT2D eigenvalue weighted by Crippen LogP contribution is -2.38. The lowest BCUT2D eigenvalue weighted by molar-refractivity contribution is -0.387. The lowest BCUT2D eigenvalue weighted by Gasteiger charge is -2.08. The molecule has 1 aromatic heterocycles. The summed E-state index contributed by atoms with van der Waals surface area (Å²) >= 11 is 0. The summed E-state index contributed by atoms with van der Waals surface area (Å²) in [6.45, 7) is 4.54. The quantitative estimate of drug-likeness (QED) is 0.565. The van der Waals surface area contributed by atoms with Crippen LogP contribution in [0.25, 0.3) is 0 Å². The molecular weight excluding hydrogens is 202 g/mol. The van der Waals surface area contributed by atoms with E-state index in [-0.39, 0.29) is 5.69 Å². The van der Waals surface area contributed by atoms with E-state index in [4.69, 9.17) is 0 Å². The van der Waals surface area contributed by atoms with Crippen molar-refractivity contribution >= 4 is 5.69 Å². The van der Waals surface area contributed by atoms with E-state index in [1.807, 2.05) is 0 Å². The highest BCUT2D eigenvalue weighted by Crippen LogP contribution is 2.07. The van der Waals surface area contributed by atoms with Crippen LogP contribution >= 0.6 is 0 Å². The summed E-state index contributed by atoms with van der Waals surface area (Å²) in [5, 5.41) is 10.6. The van der Waals surface area contributed by atoms with Crippen LogP contribution in [0.1, 0.15) is 25.6 Å². The minimum Gasteiger partial charge on any atom is -0.305 e. The summed E-state index contributed by atoms with van der Waals surface area (Å²) in [6, 6.07) is -0.416. The van der Waals surface area contributed by atoms with E-state index in [0.29, 0.717) is 0 Å². The molecule has 0 aromatic carbocycles. The molecule has 1 aromatic rings. The van der Waals surface area contributed by atoms with Crippen LogP contribution in [0.15, 0.2) is 9.59 Å². The third-order valence-corrected chi connectivity index (χ3v) is 1.99. The van der Waals surface area contributed by atoms with Crippen molar-refractivity contribution in [2.24, 2.45) is 0 Å². The average molecular weight is 213 g/mol. The number of hydrogen-bond acceptors (Lipinski definition) is 4. The van der Waals surface area contributed by atoms with Crippen molar-refractivity contribution in [3.05, 3.63) is 36.6 Å². The third kappa shape index (κ3) is 1.80. The third-order valence-electron chi connectivity index (χ3n) is 1.99. The van der Waals surface area contributed by atoms with Crippen LogP contribution in [0.2, 0.25) is 0 Å². The molecule has 1 N–H and O–H groups in total. The Morgan fingerprint density at radius 2 is 1.93 bits per heavy atom. The Morgan fingerprint density at radius 1 is 1.40 bits per heavy atom. The van der Waals surface area contributed by atoms with Crippen molar-refractivity contribution in [3.63, 3.8) is 0 Å². The van der Waals surface area contributed by atoms with E-state index in [0.717, 1.165) is 4.57 Å². The number of hydrogen-bond donors (Lipinski definition) is 1. The van der Waals surface area contributed by atoms with E-state index >= 15 is 0 Å². The van der Waals surface area contributed by atoms with Gasteiger partial charge in [0.15, 0.2) is 0 Å². The van der Waals surface area contributed by atoms with Crippen molar-refractivity contribution < 1.29 is 4.92 Å². The number of aromatic nitrogens is 2. The smallest absolute Gasteiger partial charge is 0.305 e. The minimum atomic E-state index is -0.865. The molecule has 0 aliphatic heterocycles. The Labute approximate surface area is 84.5 Å². The fraction of sp³-hybridized carbons (Fsp3) is 0.500. The second kappa shape index (κ2) is 3.68. The van der Waals surface area contributed by atoms with E-state index in [2.05, 4.69) is 4.98 Å². The van der Waals surface area contributed by atoms with E-state index in [1.165, 1.54) is 6.92 Å². The molecule has 0 spiro atoms. The van der Waals surface area contributed by atoms with E-state index in [1.54, 1.807) is 13.8 Å². The number of nitro groups is 1. The Kier molecular flexibility index (Phi) is 2.74. The van der Waals surface area contributed by atoms with Gasteiger partial charge in [-0.3, -0.25) is 19.5 Å². The van der Waals surface area contributed by atoms with Gasteiger partial charge < -0.3 is 4.98 Å². The Hall–Kier alpha value is -1.92. The second-order valence-electron chi connectivity index (χ2n) is 3.43. The van der Waals surface area contributed by atoms with Gasteiger partial charge in [-0.05, 0) is 20.8 Å². The van der Waals surface area contributed by atoms with E-state index < -0.39 is 27.9 Å². The standard InChI is InChI=1S/C8H11N3O4/c1-4(2)10-7(12)6(11(14)15)5(3)9-8(10)13/h4H,1-3H3,(H,9,13). The molecule has 0 aliphatic carbocycles. The van der Waals surface area contributed by atoms with Crippen LogP contribution in [-0.4, -0.2) is 14.5 Å². The highest BCUT2D eigenvalue weighted by Gasteiger charge is 2.22. The fourth-order valence-electron chi connectivity index (χ4n) is 1.33. The average Bonchev–Trinajstić information content (AvgIpc) is 1.99. The van der Waals surface area contributed by atoms with E-state index in [9.17, 15) is 19.7 Å². The topological polar surface area (TPSA) is 98.0 Å². The molecule has 0 radical (unpaired) electrons. The Morgan fingerprint density at radius 3 is 2.33 bits per heavy atom. The molecule has 0 bridgehead atoms. The summed E-state index contributed by atoms with van der Waals surface area (Å²) in [6.07, 6.45) is 0. The number of aromatic amines is 1. The second-order valence-corrected chi connectivity index (χ2v) is 3.43. The van der Waals surface area contributed by atoms with Gasteiger partial charge in [-0.1, -0.05) is 0 Å². The van der Waals surface area contributed by atoms with Crippen LogP contribution in [0.5, 0.6) is 0 Å². The molecule has 0 amide bonds. The maximum absolute atomic E-state index is 11.6. The first-order chi connectivity index (χ1) is 6.86. The van der Waals surface area contributed by atoms with Crippen molar-refractivity contribution in [2.45, 2.75) is 26.8 Å². The monoisotopic (exact) mass is 213 g/mol. The molecule has 0 fully saturated rings. The highest BCUT2D eigenvalue weighted by molar-refractivity contribution is 5.30. The molecule has 0 unspecified atom stereocenters. The predicted octanol–water partition coefficient (Wildman–Crippen LogP) is 0.334. The summed E-state index contributed by atoms with van der Waals surface area (Å²) in [5.74, 6) is 0. The summed E-state index contributed by atoms with van der Waals surface area (Å²) < 4.78 is 0.825. The first-order valence-corrected chi connectivity index (χ1v) is 4.36. The zero-order valence-corrected chi connectivity index (χ0v) is 8.60. The number of rotatable bonds is 2. The van der Waals surface area contributed by atoms with Crippen LogP contribution in [0.3, 0.4) is 0 Å². The van der Waals surface area contributed by atoms with Crippen LogP contribution in [-0.2, 0) is 0 Å². The molecule has 0 saturated heterocycles. The van der Waals surface area contributed by atoms with Gasteiger partial charge in [-0.25, -0.2) is 4.79 Å². The van der Waals surface area contributed by atoms with Gasteiger partial charge in [-0.15, -0.1) is 0 Å². The Bertz CT molecular complexity index is 512. The predicted molar refractivity (Wildman–Crippen MR) is 53.1 cm³/mol. The summed E-state index contributed by atoms with van der Waals surface area (Å²) in [4.78, 5) is 35.0. The minimum absolute atomic E-state index is 0.0214. The first-order valence-electron chi connectivity index (χ1n) is 4.36. The fourth-order valence-corrected chi connectivity index (χ4v) is 1.33. The molecular formula is C8H11N3O4. The maximum Gasteiger partial charge on any atom is 0.353 e. The zero-order chi connectivity index (χ0) is 11.7. The molecule has 0 saturated carbocycles. The van der Waals surface area contributed by atoms with Crippen molar-refractivity contribution in [3.8, 4) is 0 Å². The van der Waals surface area contributed by atoms with Gasteiger partial charge in [0, 0.05) is 6.04 Å². The van der Waals surface area contributed by atoms with Crippen LogP contribution in [0.4, 0.5) is 5.69 Å². The number of H-pyrrole nitrogens is 1. The van der Waals surface area contributed by atoms with Gasteiger partial charge in [-0.2, -0.15) is 0 Å². The largest absolute Gasteiger partial charge is 0.353 e. The van der Waals surface area contributed by atoms with Crippen molar-refractivity contribution in [1.82, 2.24) is 9.55 Å². The molecule has 1 rings (SSSR count). The van der Waals surface area contributed by atoms with Gasteiger partial charge in [0.25, 0.3) is 0 Å². The molecule has 15 heavy (non-hydrogen) atoms. The highest BCUT2D eigenvalue weighted by atomic mass is 16.6. The molecule has 1 heterocycles. The molecule has 0 atom stereocenters. The summed E-state index contributed by atoms with van der Waals surface area (Å²) in [7, 11) is 0. The molecule has 0 aliphatic rings. The molecule has 82 valence electrons. The van der Waals surface area contributed by atoms with Gasteiger partial charge in [0.2, 0.25) is 0 Å². The lowest BCUT2D eigenvalue weighted by atomic mass is 10.3. The van der Waals surface area contributed by atoms with Gasteiger partial charge in [0.05, 0.1) is 4.92 Å². The zero-order valence-electron chi connectivity index (χ0n) is 8.60. The SMILES string of the molecule is Cc1[nH]c(=O)n(C(C)C)c(=O)c1[N+](=O)[O-]. The number of aryl methyl sites for hydroxylation is 1. The van der Waals surface area contributed by atoms with Gasteiger partial charge >= 0.3 is 16.9 Å². The maximum atomic E-state index is 11.6. The van der Waals surface area contributed by atoms with Crippen molar-refractivity contribution in [1.29, 1.82) is 0 Å². The Balaban J connectivity index is 3.73. The number of nitrogens with zero attached hydrogens (tertiary/aromatic N) is 2. The summed E-state index contributed by atoms with van der Waals surface area (Å²) in [5.41, 5.74) is -2.09. The van der Waals surface area contributed by atoms with Crippen LogP contribution < -0.4 is 11.2 Å². The van der Waals surface area contributed by atoms with Crippen molar-refractivity contribution in [2.75, 3.05) is 0 Å². The van der Waals surface area contributed by atoms with Gasteiger partial charge in [0.1, 0.15) is 5.69 Å². The normalized spacial score (nSPS) is 10.7. The van der Waals surface area contributed by atoms with Crippen LogP contribution in [0, 0.1) is 17.0 Å². The first kappa shape index (κ1) is 11.2. The molecule has 7 heteroatoms. The molecule has 7 nitrogen and oxygen atoms in total. The number of nitrogens with one attached hydrogen (secondary N) is 1.